The van der Waals surface area contributed by atoms with Gasteiger partial charge in [0.15, 0.2) is 0 Å². The van der Waals surface area contributed by atoms with Gasteiger partial charge < -0.3 is 24.4 Å². The zero-order valence-electron chi connectivity index (χ0n) is 21.0. The Kier molecular flexibility index (Phi) is 8.21. The number of pyridine rings is 1. The number of hydrogen-bond donors (Lipinski definition) is 1. The SMILES string of the molecule is C[C@@H]1CN([C@H](C)CO)C(=O)c2cc(-c3ccccc3F)cnc2O[C@@H]1CN(C)C(=O)C1CCOCC1. The molecule has 1 aromatic carbocycles. The van der Waals surface area contributed by atoms with Crippen LogP contribution in [0.15, 0.2) is 36.5 Å². The van der Waals surface area contributed by atoms with E-state index in [-0.39, 0.29) is 41.7 Å². The molecule has 2 aromatic rings. The largest absolute Gasteiger partial charge is 0.472 e. The van der Waals surface area contributed by atoms with Crippen molar-refractivity contribution in [2.75, 3.05) is 40.0 Å². The second kappa shape index (κ2) is 11.3. The van der Waals surface area contributed by atoms with E-state index in [0.717, 1.165) is 0 Å². The van der Waals surface area contributed by atoms with Gasteiger partial charge in [0.25, 0.3) is 5.91 Å². The summed E-state index contributed by atoms with van der Waals surface area (Å²) in [5.74, 6) is -0.787. The number of carbonyl (C=O) groups is 2. The molecule has 0 saturated carbocycles. The number of rotatable bonds is 6. The van der Waals surface area contributed by atoms with E-state index in [4.69, 9.17) is 9.47 Å². The summed E-state index contributed by atoms with van der Waals surface area (Å²) in [4.78, 5) is 34.3. The molecule has 4 rings (SSSR count). The maximum atomic E-state index is 14.5. The van der Waals surface area contributed by atoms with Crippen LogP contribution in [0.2, 0.25) is 0 Å². The van der Waals surface area contributed by atoms with E-state index in [1.807, 2.05) is 6.92 Å². The van der Waals surface area contributed by atoms with Gasteiger partial charge in [-0.3, -0.25) is 9.59 Å². The first-order chi connectivity index (χ1) is 17.3. The van der Waals surface area contributed by atoms with Crippen LogP contribution in [0.1, 0.15) is 37.0 Å². The Morgan fingerprint density at radius 2 is 2.00 bits per heavy atom. The first-order valence-electron chi connectivity index (χ1n) is 12.5. The molecule has 0 aliphatic carbocycles. The highest BCUT2D eigenvalue weighted by Crippen LogP contribution is 2.31. The Hall–Kier alpha value is -3.04. The topological polar surface area (TPSA) is 92.2 Å². The number of likely N-dealkylation sites (N-methyl/N-ethyl adjacent to an activating group) is 1. The highest BCUT2D eigenvalue weighted by molar-refractivity contribution is 5.98. The molecule has 0 spiro atoms. The number of ether oxygens (including phenoxy) is 2. The summed E-state index contributed by atoms with van der Waals surface area (Å²) < 4.78 is 26.1. The Labute approximate surface area is 211 Å². The molecular weight excluding hydrogens is 465 g/mol. The summed E-state index contributed by atoms with van der Waals surface area (Å²) in [6.07, 6.45) is 2.45. The smallest absolute Gasteiger partial charge is 0.259 e. The van der Waals surface area contributed by atoms with Crippen molar-refractivity contribution in [2.24, 2.45) is 11.8 Å². The van der Waals surface area contributed by atoms with Crippen LogP contribution in [0.4, 0.5) is 4.39 Å². The van der Waals surface area contributed by atoms with E-state index in [1.54, 1.807) is 48.0 Å². The van der Waals surface area contributed by atoms with Crippen LogP contribution >= 0.6 is 0 Å². The van der Waals surface area contributed by atoms with Gasteiger partial charge in [-0.1, -0.05) is 25.1 Å². The fourth-order valence-electron chi connectivity index (χ4n) is 4.78. The molecule has 3 heterocycles. The highest BCUT2D eigenvalue weighted by atomic mass is 19.1. The van der Waals surface area contributed by atoms with Gasteiger partial charge >= 0.3 is 0 Å². The second-order valence-corrected chi connectivity index (χ2v) is 9.78. The summed E-state index contributed by atoms with van der Waals surface area (Å²) in [5.41, 5.74) is 0.986. The van der Waals surface area contributed by atoms with Crippen LogP contribution in [-0.4, -0.2) is 83.8 Å². The summed E-state index contributed by atoms with van der Waals surface area (Å²) in [7, 11) is 1.77. The van der Waals surface area contributed by atoms with Crippen molar-refractivity contribution in [3.8, 4) is 17.0 Å². The lowest BCUT2D eigenvalue weighted by atomic mass is 9.96. The Morgan fingerprint density at radius 1 is 1.28 bits per heavy atom. The highest BCUT2D eigenvalue weighted by Gasteiger charge is 2.35. The van der Waals surface area contributed by atoms with Gasteiger partial charge in [0, 0.05) is 56.0 Å². The number of benzene rings is 1. The van der Waals surface area contributed by atoms with Gasteiger partial charge in [0.1, 0.15) is 17.5 Å². The Bertz CT molecular complexity index is 1090. The van der Waals surface area contributed by atoms with Crippen LogP contribution in [0.25, 0.3) is 11.1 Å². The van der Waals surface area contributed by atoms with Crippen LogP contribution in [-0.2, 0) is 9.53 Å². The van der Waals surface area contributed by atoms with Crippen molar-refractivity contribution < 1.29 is 28.6 Å². The fourth-order valence-corrected chi connectivity index (χ4v) is 4.78. The summed E-state index contributed by atoms with van der Waals surface area (Å²) >= 11 is 0. The number of nitrogens with zero attached hydrogens (tertiary/aromatic N) is 3. The zero-order valence-corrected chi connectivity index (χ0v) is 21.0. The molecule has 0 unspecified atom stereocenters. The zero-order chi connectivity index (χ0) is 25.8. The molecule has 1 N–H and O–H groups in total. The number of aliphatic hydroxyl groups excluding tert-OH is 1. The van der Waals surface area contributed by atoms with Crippen LogP contribution in [0.5, 0.6) is 5.88 Å². The van der Waals surface area contributed by atoms with E-state index in [9.17, 15) is 19.1 Å². The van der Waals surface area contributed by atoms with E-state index in [2.05, 4.69) is 4.98 Å². The third-order valence-corrected chi connectivity index (χ3v) is 7.11. The predicted octanol–water partition coefficient (Wildman–Crippen LogP) is 2.99. The van der Waals surface area contributed by atoms with E-state index < -0.39 is 18.0 Å². The lowest BCUT2D eigenvalue weighted by Crippen LogP contribution is -2.51. The number of amides is 2. The van der Waals surface area contributed by atoms with Crippen LogP contribution in [0.3, 0.4) is 0 Å². The van der Waals surface area contributed by atoms with Gasteiger partial charge in [-0.25, -0.2) is 9.37 Å². The molecule has 1 saturated heterocycles. The molecule has 3 atom stereocenters. The Balaban J connectivity index is 1.66. The van der Waals surface area contributed by atoms with Crippen molar-refractivity contribution >= 4 is 11.8 Å². The van der Waals surface area contributed by atoms with Crippen molar-refractivity contribution in [3.63, 3.8) is 0 Å². The number of hydrogen-bond acceptors (Lipinski definition) is 6. The van der Waals surface area contributed by atoms with E-state index in [1.165, 1.54) is 12.3 Å². The van der Waals surface area contributed by atoms with Gasteiger partial charge in [0.05, 0.1) is 19.2 Å². The van der Waals surface area contributed by atoms with Gasteiger partial charge in [-0.2, -0.15) is 0 Å². The van der Waals surface area contributed by atoms with E-state index >= 15 is 0 Å². The van der Waals surface area contributed by atoms with E-state index in [0.29, 0.717) is 50.3 Å². The molecule has 2 amide bonds. The molecular formula is C27H34FN3O5. The molecule has 9 heteroatoms. The molecule has 2 aliphatic heterocycles. The van der Waals surface area contributed by atoms with Crippen molar-refractivity contribution in [2.45, 2.75) is 38.8 Å². The fraction of sp³-hybridized carbons (Fsp3) is 0.519. The number of aliphatic hydroxyl groups is 1. The molecule has 1 aromatic heterocycles. The van der Waals surface area contributed by atoms with Crippen molar-refractivity contribution in [1.82, 2.24) is 14.8 Å². The number of fused-ring (bicyclic) bond motifs is 1. The molecule has 8 nitrogen and oxygen atoms in total. The van der Waals surface area contributed by atoms with Gasteiger partial charge in [-0.15, -0.1) is 0 Å². The third-order valence-electron chi connectivity index (χ3n) is 7.11. The first-order valence-corrected chi connectivity index (χ1v) is 12.5. The Morgan fingerprint density at radius 3 is 2.69 bits per heavy atom. The van der Waals surface area contributed by atoms with Crippen molar-refractivity contribution in [3.05, 3.63) is 47.9 Å². The summed E-state index contributed by atoms with van der Waals surface area (Å²) in [6.45, 7) is 5.34. The minimum Gasteiger partial charge on any atom is -0.472 e. The molecule has 36 heavy (non-hydrogen) atoms. The third kappa shape index (κ3) is 5.52. The standard InChI is InChI=1S/C27H34FN3O5/c1-17-14-31(18(2)16-32)27(34)22-12-20(21-6-4-5-7-23(21)28)13-29-25(22)36-24(17)15-30(3)26(33)19-8-10-35-11-9-19/h4-7,12-13,17-19,24,32H,8-11,14-16H2,1-3H3/t17-,18-,24-/m1/s1. The number of aromatic nitrogens is 1. The maximum Gasteiger partial charge on any atom is 0.259 e. The number of halogens is 1. The second-order valence-electron chi connectivity index (χ2n) is 9.78. The average Bonchev–Trinajstić information content (AvgIpc) is 2.90. The molecule has 0 bridgehead atoms. The molecule has 0 radical (unpaired) electrons. The van der Waals surface area contributed by atoms with Crippen LogP contribution in [0, 0.1) is 17.7 Å². The van der Waals surface area contributed by atoms with Crippen molar-refractivity contribution in [1.29, 1.82) is 0 Å². The van der Waals surface area contributed by atoms with Gasteiger partial charge in [0.2, 0.25) is 11.8 Å². The molecule has 2 aliphatic rings. The summed E-state index contributed by atoms with van der Waals surface area (Å²) in [6, 6.07) is 7.45. The predicted molar refractivity (Wildman–Crippen MR) is 132 cm³/mol. The lowest BCUT2D eigenvalue weighted by molar-refractivity contribution is -0.138. The maximum absolute atomic E-state index is 14.5. The quantitative estimate of drug-likeness (QED) is 0.657. The van der Waals surface area contributed by atoms with Crippen LogP contribution < -0.4 is 4.74 Å². The minimum atomic E-state index is -0.440. The van der Waals surface area contributed by atoms with Gasteiger partial charge in [-0.05, 0) is 31.9 Å². The number of carbonyl (C=O) groups excluding carboxylic acids is 2. The minimum absolute atomic E-state index is 0.0518. The molecule has 194 valence electrons. The lowest BCUT2D eigenvalue weighted by Gasteiger charge is -2.38. The normalized spacial score (nSPS) is 21.7. The average molecular weight is 500 g/mol. The summed E-state index contributed by atoms with van der Waals surface area (Å²) in [5, 5.41) is 9.85. The molecule has 1 fully saturated rings. The monoisotopic (exact) mass is 499 g/mol. The first kappa shape index (κ1) is 26.0.